The number of benzene rings is 1. The fraction of sp³-hybridized carbons (Fsp3) is 0. The van der Waals surface area contributed by atoms with Crippen molar-refractivity contribution < 1.29 is 54.0 Å². The molecule has 0 unspecified atom stereocenters. The summed E-state index contributed by atoms with van der Waals surface area (Å²) in [6.45, 7) is 18.0. The molecule has 88 valence electrons. The first kappa shape index (κ1) is 36.0. The second kappa shape index (κ2) is 56.8. The van der Waals surface area contributed by atoms with Crippen LogP contribution in [0.4, 0.5) is 0 Å². The summed E-state index contributed by atoms with van der Waals surface area (Å²) in [5.74, 6) is 2.28. The molecule has 0 bridgehead atoms. The summed E-state index contributed by atoms with van der Waals surface area (Å²) >= 11 is 0. The Morgan fingerprint density at radius 2 is 1.00 bits per heavy atom. The minimum atomic E-state index is 0. The van der Waals surface area contributed by atoms with E-state index < -0.39 is 0 Å². The maximum atomic E-state index is 7.50. The summed E-state index contributed by atoms with van der Waals surface area (Å²) in [5.41, 5.74) is 0.826. The van der Waals surface area contributed by atoms with Crippen molar-refractivity contribution in [2.75, 3.05) is 0 Å². The molecular formula is C12H5LiNiO4. The minimum Gasteiger partial charge on any atom is 0 e. The van der Waals surface area contributed by atoms with E-state index in [1.54, 1.807) is 0 Å². The van der Waals surface area contributed by atoms with E-state index in [0.717, 1.165) is 5.56 Å². The predicted octanol–water partition coefficient (Wildman–Crippen LogP) is -1.52. The molecule has 0 radical (unpaired) electrons. The molecule has 1 aromatic carbocycles. The standard InChI is InChI=1S/C8H5.4CO.Li.Ni/c1-2-8-6-4-3-5-7-8;4*1-2;;/h3-7H;;;;;;/q-1;;;;;+1;. The monoisotopic (exact) mass is 278 g/mol. The van der Waals surface area contributed by atoms with Crippen molar-refractivity contribution in [2.45, 2.75) is 0 Å². The van der Waals surface area contributed by atoms with Gasteiger partial charge in [0.1, 0.15) is 0 Å². The molecule has 0 saturated carbocycles. The fourth-order valence-corrected chi connectivity index (χ4v) is 0.521. The zero-order chi connectivity index (χ0) is 13.8. The molecule has 0 N–H and O–H groups in total. The van der Waals surface area contributed by atoms with Gasteiger partial charge >= 0.3 is 64.1 Å². The van der Waals surface area contributed by atoms with Gasteiger partial charge in [0.05, 0.1) is 0 Å². The van der Waals surface area contributed by atoms with E-state index in [4.69, 9.17) is 25.0 Å². The first-order chi connectivity index (χ1) is 7.93. The summed E-state index contributed by atoms with van der Waals surface area (Å²) in [4.78, 5) is 0. The van der Waals surface area contributed by atoms with Crippen molar-refractivity contribution in [2.24, 2.45) is 0 Å². The minimum absolute atomic E-state index is 0. The Morgan fingerprint density at radius 1 is 0.722 bits per heavy atom. The summed E-state index contributed by atoms with van der Waals surface area (Å²) in [7, 11) is 0. The summed E-state index contributed by atoms with van der Waals surface area (Å²) in [5, 5.41) is 0. The second-order valence-electron chi connectivity index (χ2n) is 1.49. The van der Waals surface area contributed by atoms with Crippen molar-refractivity contribution in [1.29, 1.82) is 0 Å². The molecule has 0 heterocycles. The van der Waals surface area contributed by atoms with Crippen LogP contribution in [0, 0.1) is 38.9 Å². The second-order valence-corrected chi connectivity index (χ2v) is 1.49. The zero-order valence-corrected chi connectivity index (χ0v) is 10.3. The first-order valence-corrected chi connectivity index (χ1v) is 3.23. The first-order valence-electron chi connectivity index (χ1n) is 3.23. The van der Waals surface area contributed by atoms with Gasteiger partial charge in [-0.3, -0.25) is 5.92 Å². The third-order valence-electron chi connectivity index (χ3n) is 0.918. The molecule has 0 amide bonds. The van der Waals surface area contributed by atoms with Gasteiger partial charge in [0.25, 0.3) is 0 Å². The number of hydrogen-bond donors (Lipinski definition) is 0. The van der Waals surface area contributed by atoms with Crippen LogP contribution >= 0.6 is 0 Å². The van der Waals surface area contributed by atoms with Crippen LogP contribution in [0.5, 0.6) is 0 Å². The number of hydrogen-bond acceptors (Lipinski definition) is 0. The average Bonchev–Trinajstić information content (AvgIpc) is 2.48. The van der Waals surface area contributed by atoms with Gasteiger partial charge in [-0.25, -0.2) is 0 Å². The molecule has 6 heteroatoms. The van der Waals surface area contributed by atoms with Gasteiger partial charge in [-0.05, 0) is 0 Å². The average molecular weight is 279 g/mol. The van der Waals surface area contributed by atoms with E-state index in [2.05, 4.69) is 32.5 Å². The molecule has 0 aliphatic carbocycles. The van der Waals surface area contributed by atoms with E-state index in [9.17, 15) is 0 Å². The molecule has 1 rings (SSSR count). The van der Waals surface area contributed by atoms with Crippen LogP contribution in [0.3, 0.4) is 0 Å². The van der Waals surface area contributed by atoms with Crippen molar-refractivity contribution in [3.63, 3.8) is 0 Å². The van der Waals surface area contributed by atoms with Crippen molar-refractivity contribution in [1.82, 2.24) is 0 Å². The van der Waals surface area contributed by atoms with Crippen molar-refractivity contribution in [3.05, 3.63) is 68.9 Å². The van der Waals surface area contributed by atoms with Crippen LogP contribution in [0.25, 0.3) is 0 Å². The summed E-state index contributed by atoms with van der Waals surface area (Å²) in [6, 6.07) is 9.37. The fourth-order valence-electron chi connectivity index (χ4n) is 0.521. The Morgan fingerprint density at radius 3 is 1.17 bits per heavy atom. The molecule has 0 saturated heterocycles. The molecule has 4 nitrogen and oxygen atoms in total. The van der Waals surface area contributed by atoms with Gasteiger partial charge in [-0.15, -0.1) is 17.7 Å². The van der Waals surface area contributed by atoms with Crippen LogP contribution in [0.1, 0.15) is 5.56 Å². The Bertz CT molecular complexity index is 325. The van der Waals surface area contributed by atoms with Crippen LogP contribution in [0.2, 0.25) is 0 Å². The van der Waals surface area contributed by atoms with Gasteiger partial charge < -0.3 is 6.42 Å². The SMILES string of the molecule is [C-]#Cc1ccccc1.[C-]#[O+].[C-]#[O+].[C-]#[O+].[C-]#[O+].[Li+].[Ni]. The maximum Gasteiger partial charge on any atom is 1.00 e. The molecule has 0 fully saturated rings. The van der Waals surface area contributed by atoms with Crippen LogP contribution in [-0.2, 0) is 35.1 Å². The van der Waals surface area contributed by atoms with Crippen LogP contribution in [-0.4, -0.2) is 0 Å². The molecule has 0 atom stereocenters. The van der Waals surface area contributed by atoms with E-state index in [1.165, 1.54) is 0 Å². The third kappa shape index (κ3) is 36.4. The van der Waals surface area contributed by atoms with Gasteiger partial charge in [-0.1, -0.05) is 18.2 Å². The largest absolute Gasteiger partial charge is 1.00 e. The summed E-state index contributed by atoms with van der Waals surface area (Å²) < 4.78 is 30.0. The molecule has 0 aromatic heterocycles. The van der Waals surface area contributed by atoms with Gasteiger partial charge in [-0.2, -0.15) is 0 Å². The van der Waals surface area contributed by atoms with Gasteiger partial charge in [0.2, 0.25) is 0 Å². The molecular weight excluding hydrogens is 274 g/mol. The third-order valence-corrected chi connectivity index (χ3v) is 0.918. The van der Waals surface area contributed by atoms with E-state index in [-0.39, 0.29) is 35.4 Å². The molecule has 0 aliphatic heterocycles. The van der Waals surface area contributed by atoms with Crippen LogP contribution in [0.15, 0.2) is 30.3 Å². The Labute approximate surface area is 129 Å². The van der Waals surface area contributed by atoms with Crippen LogP contribution < -0.4 is 18.9 Å². The Kier molecular flexibility index (Phi) is 113. The van der Waals surface area contributed by atoms with E-state index in [1.807, 2.05) is 30.3 Å². The molecule has 0 aliphatic rings. The van der Waals surface area contributed by atoms with Gasteiger partial charge in [0.15, 0.2) is 0 Å². The summed E-state index contributed by atoms with van der Waals surface area (Å²) in [6.07, 6.45) is 6.69. The van der Waals surface area contributed by atoms with Crippen molar-refractivity contribution in [3.8, 4) is 5.92 Å². The smallest absolute Gasteiger partial charge is 0 e. The van der Waals surface area contributed by atoms with E-state index >= 15 is 0 Å². The molecule has 0 spiro atoms. The zero-order valence-electron chi connectivity index (χ0n) is 9.34. The normalized spacial score (nSPS) is 3.94. The number of rotatable bonds is 0. The molecule has 18 heavy (non-hydrogen) atoms. The maximum absolute atomic E-state index is 7.50. The predicted molar refractivity (Wildman–Crippen MR) is 48.4 cm³/mol. The Hall–Kier alpha value is -1.17. The molecule has 1 aromatic rings. The quantitative estimate of drug-likeness (QED) is 0.239. The topological polar surface area (TPSA) is 79.6 Å². The van der Waals surface area contributed by atoms with E-state index in [0.29, 0.717) is 0 Å². The van der Waals surface area contributed by atoms with Gasteiger partial charge in [0, 0.05) is 16.5 Å². The Balaban J connectivity index is -0.0000000315. The van der Waals surface area contributed by atoms with Crippen molar-refractivity contribution >= 4 is 0 Å².